The average Bonchev–Trinajstić information content (AvgIpc) is 2.87. The molecule has 0 aromatic rings. The van der Waals surface area contributed by atoms with Crippen LogP contribution in [0.5, 0.6) is 0 Å². The first-order chi connectivity index (χ1) is 13.6. The Bertz CT molecular complexity index is 711. The maximum absolute atomic E-state index is 12.7. The highest BCUT2D eigenvalue weighted by Crippen LogP contribution is 2.45. The van der Waals surface area contributed by atoms with Gasteiger partial charge in [0.15, 0.2) is 5.78 Å². The van der Waals surface area contributed by atoms with Crippen molar-refractivity contribution in [2.45, 2.75) is 70.2 Å². The first-order valence-corrected chi connectivity index (χ1v) is 10.1. The Balaban J connectivity index is 1.70. The van der Waals surface area contributed by atoms with Crippen molar-refractivity contribution in [3.8, 4) is 0 Å². The number of fused-ring (bicyclic) bond motifs is 1. The van der Waals surface area contributed by atoms with Crippen molar-refractivity contribution < 1.29 is 39.5 Å². The maximum atomic E-state index is 12.7. The molecule has 1 saturated carbocycles. The lowest BCUT2D eigenvalue weighted by Gasteiger charge is -2.39. The zero-order chi connectivity index (χ0) is 21.5. The monoisotopic (exact) mass is 410 g/mol. The van der Waals surface area contributed by atoms with Crippen molar-refractivity contribution in [1.82, 2.24) is 0 Å². The molecule has 8 heteroatoms. The number of aliphatic hydroxyl groups is 4. The molecular formula is C21H30O8. The molecule has 3 aliphatic rings. The minimum atomic E-state index is -1.65. The van der Waals surface area contributed by atoms with Gasteiger partial charge in [-0.05, 0) is 49.5 Å². The number of ether oxygens (including phenoxy) is 2. The van der Waals surface area contributed by atoms with Crippen molar-refractivity contribution in [3.63, 3.8) is 0 Å². The molecule has 0 unspecified atom stereocenters. The van der Waals surface area contributed by atoms with Crippen LogP contribution in [0.15, 0.2) is 23.3 Å². The highest BCUT2D eigenvalue weighted by atomic mass is 16.7. The van der Waals surface area contributed by atoms with Crippen LogP contribution >= 0.6 is 0 Å². The Morgan fingerprint density at radius 1 is 1.17 bits per heavy atom. The maximum Gasteiger partial charge on any atom is 0.336 e. The lowest BCUT2D eigenvalue weighted by molar-refractivity contribution is -0.291. The van der Waals surface area contributed by atoms with Crippen LogP contribution in [0.1, 0.15) is 39.5 Å². The molecule has 0 amide bonds. The van der Waals surface area contributed by atoms with Crippen molar-refractivity contribution in [2.75, 3.05) is 6.61 Å². The predicted molar refractivity (Wildman–Crippen MR) is 101 cm³/mol. The molecule has 1 aliphatic heterocycles. The topological polar surface area (TPSA) is 134 Å². The van der Waals surface area contributed by atoms with Crippen molar-refractivity contribution in [2.24, 2.45) is 17.8 Å². The molecule has 0 bridgehead atoms. The molecule has 4 N–H and O–H groups in total. The molecule has 1 heterocycles. The molecule has 8 nitrogen and oxygen atoms in total. The standard InChI is InChI=1S/C21H30O8/c1-9-4-5-12(6-14-11(3)15(23)7-13(9)14)10(2)20(27)29-21-19(26)18(25)17(24)16(8-22)28-21/h9,12-13,16-19,21-22,24-26H,2,4-8H2,1,3H3/t9-,12+,13-,16+,17+,18-,19+,21-/m0/s1. The van der Waals surface area contributed by atoms with Crippen LogP contribution in [0.3, 0.4) is 0 Å². The number of Topliss-reactive ketones (excluding diaryl/α,β-unsaturated/α-hetero) is 1. The highest BCUT2D eigenvalue weighted by Gasteiger charge is 2.46. The van der Waals surface area contributed by atoms with Gasteiger partial charge in [-0.25, -0.2) is 4.79 Å². The van der Waals surface area contributed by atoms with E-state index in [1.807, 2.05) is 6.92 Å². The Kier molecular flexibility index (Phi) is 6.60. The summed E-state index contributed by atoms with van der Waals surface area (Å²) in [6.07, 6.45) is -4.81. The fourth-order valence-corrected chi connectivity index (χ4v) is 4.63. The van der Waals surface area contributed by atoms with E-state index < -0.39 is 43.3 Å². The number of ketones is 1. The van der Waals surface area contributed by atoms with Crippen LogP contribution in [0, 0.1) is 17.8 Å². The highest BCUT2D eigenvalue weighted by molar-refractivity contribution is 5.98. The minimum Gasteiger partial charge on any atom is -0.429 e. The summed E-state index contributed by atoms with van der Waals surface area (Å²) in [6.45, 7) is 7.23. The van der Waals surface area contributed by atoms with E-state index in [-0.39, 0.29) is 23.2 Å². The fourth-order valence-electron chi connectivity index (χ4n) is 4.63. The lowest BCUT2D eigenvalue weighted by atomic mass is 9.86. The largest absolute Gasteiger partial charge is 0.429 e. The summed E-state index contributed by atoms with van der Waals surface area (Å²) in [4.78, 5) is 24.8. The second-order valence-electron chi connectivity index (χ2n) is 8.47. The average molecular weight is 410 g/mol. The van der Waals surface area contributed by atoms with Gasteiger partial charge in [0.2, 0.25) is 6.29 Å². The second kappa shape index (κ2) is 8.65. The van der Waals surface area contributed by atoms with Gasteiger partial charge < -0.3 is 29.9 Å². The van der Waals surface area contributed by atoms with Crippen LogP contribution in [0.4, 0.5) is 0 Å². The number of aliphatic hydroxyl groups excluding tert-OH is 4. The molecule has 0 radical (unpaired) electrons. The third-order valence-electron chi connectivity index (χ3n) is 6.70. The molecule has 3 rings (SSSR count). The second-order valence-corrected chi connectivity index (χ2v) is 8.47. The van der Waals surface area contributed by atoms with E-state index >= 15 is 0 Å². The number of rotatable bonds is 4. The zero-order valence-electron chi connectivity index (χ0n) is 16.8. The van der Waals surface area contributed by atoms with E-state index in [9.17, 15) is 30.0 Å². The smallest absolute Gasteiger partial charge is 0.336 e. The van der Waals surface area contributed by atoms with E-state index in [4.69, 9.17) is 9.47 Å². The molecule has 162 valence electrons. The van der Waals surface area contributed by atoms with Crippen molar-refractivity contribution in [1.29, 1.82) is 0 Å². The zero-order valence-corrected chi connectivity index (χ0v) is 16.8. The Hall–Kier alpha value is -1.58. The molecule has 0 spiro atoms. The van der Waals surface area contributed by atoms with Gasteiger partial charge in [-0.3, -0.25) is 4.79 Å². The molecule has 2 aliphatic carbocycles. The van der Waals surface area contributed by atoms with Gasteiger partial charge in [0.05, 0.1) is 6.61 Å². The summed E-state index contributed by atoms with van der Waals surface area (Å²) in [6, 6.07) is 0. The number of carbonyl (C=O) groups is 2. The van der Waals surface area contributed by atoms with Crippen molar-refractivity contribution in [3.05, 3.63) is 23.3 Å². The van der Waals surface area contributed by atoms with E-state index in [1.165, 1.54) is 0 Å². The Morgan fingerprint density at radius 2 is 1.86 bits per heavy atom. The van der Waals surface area contributed by atoms with Gasteiger partial charge in [0, 0.05) is 12.0 Å². The molecular weight excluding hydrogens is 380 g/mol. The van der Waals surface area contributed by atoms with Gasteiger partial charge >= 0.3 is 5.97 Å². The summed E-state index contributed by atoms with van der Waals surface area (Å²) in [7, 11) is 0. The molecule has 2 fully saturated rings. The first kappa shape index (κ1) is 22.1. The summed E-state index contributed by atoms with van der Waals surface area (Å²) < 4.78 is 10.5. The number of hydrogen-bond donors (Lipinski definition) is 4. The Morgan fingerprint density at radius 3 is 2.52 bits per heavy atom. The summed E-state index contributed by atoms with van der Waals surface area (Å²) in [5.74, 6) is -0.261. The summed E-state index contributed by atoms with van der Waals surface area (Å²) in [5.41, 5.74) is 2.09. The number of allylic oxidation sites excluding steroid dienone is 2. The molecule has 1 saturated heterocycles. The summed E-state index contributed by atoms with van der Waals surface area (Å²) in [5, 5.41) is 39.0. The predicted octanol–water partition coefficient (Wildman–Crippen LogP) is 0.227. The molecule has 29 heavy (non-hydrogen) atoms. The van der Waals surface area contributed by atoms with Crippen LogP contribution in [-0.2, 0) is 19.1 Å². The van der Waals surface area contributed by atoms with E-state index in [1.54, 1.807) is 0 Å². The minimum absolute atomic E-state index is 0.159. The Labute approximate surface area is 169 Å². The third kappa shape index (κ3) is 4.18. The van der Waals surface area contributed by atoms with Gasteiger partial charge in [-0.1, -0.05) is 19.1 Å². The van der Waals surface area contributed by atoms with Crippen LogP contribution in [0.2, 0.25) is 0 Å². The molecule has 8 atom stereocenters. The van der Waals surface area contributed by atoms with Crippen LogP contribution in [0.25, 0.3) is 0 Å². The van der Waals surface area contributed by atoms with E-state index in [2.05, 4.69) is 13.5 Å². The van der Waals surface area contributed by atoms with Gasteiger partial charge in [0.1, 0.15) is 24.4 Å². The third-order valence-corrected chi connectivity index (χ3v) is 6.70. The summed E-state index contributed by atoms with van der Waals surface area (Å²) >= 11 is 0. The van der Waals surface area contributed by atoms with Crippen LogP contribution in [-0.4, -0.2) is 69.5 Å². The van der Waals surface area contributed by atoms with E-state index in [0.717, 1.165) is 24.0 Å². The van der Waals surface area contributed by atoms with Gasteiger partial charge in [-0.2, -0.15) is 0 Å². The number of hydrogen-bond acceptors (Lipinski definition) is 8. The van der Waals surface area contributed by atoms with Gasteiger partial charge in [-0.15, -0.1) is 0 Å². The van der Waals surface area contributed by atoms with Gasteiger partial charge in [0.25, 0.3) is 0 Å². The SMILES string of the molecule is C=C(C(=O)O[C@@H]1O[C@H](CO)[C@@H](O)[C@H](O)[C@H]1O)[C@@H]1CC[C@H](C)[C@@H]2CC(=O)C(C)=C2C1. The number of esters is 1. The fraction of sp³-hybridized carbons (Fsp3) is 0.714. The van der Waals surface area contributed by atoms with Crippen molar-refractivity contribution >= 4 is 11.8 Å². The normalized spacial score (nSPS) is 40.4. The quantitative estimate of drug-likeness (QED) is 0.382. The lowest BCUT2D eigenvalue weighted by Crippen LogP contribution is -2.59. The van der Waals surface area contributed by atoms with E-state index in [0.29, 0.717) is 18.8 Å². The molecule has 0 aromatic carbocycles. The molecule has 0 aromatic heterocycles. The van der Waals surface area contributed by atoms with Crippen LogP contribution < -0.4 is 0 Å². The number of carbonyl (C=O) groups excluding carboxylic acids is 2. The first-order valence-electron chi connectivity index (χ1n) is 10.1.